The van der Waals surface area contributed by atoms with Crippen molar-refractivity contribution in [2.75, 3.05) is 31.4 Å². The molecule has 7 heteroatoms. The lowest BCUT2D eigenvalue weighted by Gasteiger charge is -2.11. The zero-order valence-electron chi connectivity index (χ0n) is 16.6. The van der Waals surface area contributed by atoms with Gasteiger partial charge in [0.15, 0.2) is 17.3 Å². The van der Waals surface area contributed by atoms with Crippen LogP contribution < -0.4 is 20.1 Å². The van der Waals surface area contributed by atoms with E-state index in [1.165, 1.54) is 5.56 Å². The van der Waals surface area contributed by atoms with E-state index in [9.17, 15) is 0 Å². The number of methoxy groups -OCH3 is 2. The lowest BCUT2D eigenvalue weighted by molar-refractivity contribution is 0.354. The molecule has 0 atom stereocenters. The molecule has 0 fully saturated rings. The Kier molecular flexibility index (Phi) is 6.26. The minimum Gasteiger partial charge on any atom is -0.493 e. The lowest BCUT2D eigenvalue weighted by atomic mass is 10.1. The van der Waals surface area contributed by atoms with E-state index in [1.807, 2.05) is 24.3 Å². The van der Waals surface area contributed by atoms with Crippen LogP contribution in [0.4, 0.5) is 17.5 Å². The molecule has 0 aliphatic carbocycles. The van der Waals surface area contributed by atoms with Crippen LogP contribution in [-0.2, 0) is 6.42 Å². The summed E-state index contributed by atoms with van der Waals surface area (Å²) in [4.78, 5) is 4.48. The number of nitrogens with zero attached hydrogens (tertiary/aromatic N) is 3. The van der Waals surface area contributed by atoms with Crippen molar-refractivity contribution in [3.05, 3.63) is 59.3 Å². The highest BCUT2D eigenvalue weighted by molar-refractivity contribution is 5.60. The van der Waals surface area contributed by atoms with Gasteiger partial charge in [-0.2, -0.15) is 10.1 Å². The van der Waals surface area contributed by atoms with Gasteiger partial charge in [-0.1, -0.05) is 23.8 Å². The van der Waals surface area contributed by atoms with Crippen molar-refractivity contribution >= 4 is 17.5 Å². The Morgan fingerprint density at radius 1 is 0.964 bits per heavy atom. The van der Waals surface area contributed by atoms with Crippen LogP contribution in [0, 0.1) is 13.8 Å². The third kappa shape index (κ3) is 4.88. The van der Waals surface area contributed by atoms with E-state index in [1.54, 1.807) is 20.4 Å². The average Bonchev–Trinajstić information content (AvgIpc) is 2.70. The third-order valence-corrected chi connectivity index (χ3v) is 4.35. The number of rotatable bonds is 8. The molecule has 3 rings (SSSR count). The zero-order chi connectivity index (χ0) is 19.9. The van der Waals surface area contributed by atoms with Gasteiger partial charge in [-0.3, -0.25) is 0 Å². The first-order valence-corrected chi connectivity index (χ1v) is 9.08. The van der Waals surface area contributed by atoms with Crippen LogP contribution in [-0.4, -0.2) is 35.9 Å². The van der Waals surface area contributed by atoms with Gasteiger partial charge in [0, 0.05) is 12.2 Å². The van der Waals surface area contributed by atoms with E-state index in [0.717, 1.165) is 34.7 Å². The second-order valence-corrected chi connectivity index (χ2v) is 6.47. The van der Waals surface area contributed by atoms with Crippen molar-refractivity contribution in [1.82, 2.24) is 15.2 Å². The Bertz CT molecular complexity index is 946. The Balaban J connectivity index is 1.60. The number of nitrogens with one attached hydrogen (secondary N) is 2. The summed E-state index contributed by atoms with van der Waals surface area (Å²) in [6.45, 7) is 4.81. The van der Waals surface area contributed by atoms with Gasteiger partial charge in [0.1, 0.15) is 0 Å². The van der Waals surface area contributed by atoms with Crippen LogP contribution in [0.5, 0.6) is 11.5 Å². The monoisotopic (exact) mass is 379 g/mol. The minimum atomic E-state index is 0.482. The van der Waals surface area contributed by atoms with Crippen LogP contribution >= 0.6 is 0 Å². The smallest absolute Gasteiger partial charge is 0.244 e. The molecule has 1 heterocycles. The zero-order valence-corrected chi connectivity index (χ0v) is 16.6. The molecule has 1 aromatic heterocycles. The topological polar surface area (TPSA) is 81.2 Å². The summed E-state index contributed by atoms with van der Waals surface area (Å²) in [7, 11) is 3.26. The SMILES string of the molecule is COc1ccc(CCNc2nncc(Nc3ccc(C)cc3C)n2)cc1OC. The predicted molar refractivity (Wildman–Crippen MR) is 111 cm³/mol. The van der Waals surface area contributed by atoms with Gasteiger partial charge in [0.2, 0.25) is 5.95 Å². The summed E-state index contributed by atoms with van der Waals surface area (Å²) < 4.78 is 10.6. The summed E-state index contributed by atoms with van der Waals surface area (Å²) in [5.74, 6) is 2.57. The van der Waals surface area contributed by atoms with Gasteiger partial charge in [-0.05, 0) is 49.6 Å². The molecule has 7 nitrogen and oxygen atoms in total. The van der Waals surface area contributed by atoms with Crippen molar-refractivity contribution in [2.45, 2.75) is 20.3 Å². The molecule has 3 aromatic rings. The van der Waals surface area contributed by atoms with E-state index >= 15 is 0 Å². The van der Waals surface area contributed by atoms with Crippen molar-refractivity contribution in [1.29, 1.82) is 0 Å². The third-order valence-electron chi connectivity index (χ3n) is 4.35. The van der Waals surface area contributed by atoms with Gasteiger partial charge in [0.25, 0.3) is 0 Å². The Hall–Kier alpha value is -3.35. The Morgan fingerprint density at radius 2 is 1.79 bits per heavy atom. The Morgan fingerprint density at radius 3 is 2.54 bits per heavy atom. The number of aryl methyl sites for hydroxylation is 2. The fraction of sp³-hybridized carbons (Fsp3) is 0.286. The van der Waals surface area contributed by atoms with Crippen LogP contribution in [0.15, 0.2) is 42.6 Å². The fourth-order valence-corrected chi connectivity index (χ4v) is 2.89. The van der Waals surface area contributed by atoms with E-state index in [0.29, 0.717) is 18.3 Å². The van der Waals surface area contributed by atoms with Crippen molar-refractivity contribution < 1.29 is 9.47 Å². The fourth-order valence-electron chi connectivity index (χ4n) is 2.89. The van der Waals surface area contributed by atoms with Crippen LogP contribution in [0.2, 0.25) is 0 Å². The van der Waals surface area contributed by atoms with Crippen LogP contribution in [0.3, 0.4) is 0 Å². The van der Waals surface area contributed by atoms with Crippen LogP contribution in [0.25, 0.3) is 0 Å². The molecular weight excluding hydrogens is 354 g/mol. The Labute approximate surface area is 165 Å². The molecule has 0 aliphatic heterocycles. The molecule has 0 bridgehead atoms. The highest BCUT2D eigenvalue weighted by atomic mass is 16.5. The summed E-state index contributed by atoms with van der Waals surface area (Å²) >= 11 is 0. The molecule has 0 saturated carbocycles. The summed E-state index contributed by atoms with van der Waals surface area (Å²) in [6.07, 6.45) is 2.40. The molecule has 0 aliphatic rings. The number of anilines is 3. The average molecular weight is 379 g/mol. The first-order chi connectivity index (χ1) is 13.6. The molecule has 146 valence electrons. The second-order valence-electron chi connectivity index (χ2n) is 6.47. The number of hydrogen-bond donors (Lipinski definition) is 2. The highest BCUT2D eigenvalue weighted by Gasteiger charge is 2.06. The van der Waals surface area contributed by atoms with Gasteiger partial charge in [0.05, 0.1) is 20.4 Å². The first kappa shape index (κ1) is 19.4. The summed E-state index contributed by atoms with van der Waals surface area (Å²) in [6, 6.07) is 12.1. The highest BCUT2D eigenvalue weighted by Crippen LogP contribution is 2.27. The molecule has 2 aromatic carbocycles. The van der Waals surface area contributed by atoms with E-state index in [2.05, 4.69) is 51.8 Å². The van der Waals surface area contributed by atoms with Crippen molar-refractivity contribution in [2.24, 2.45) is 0 Å². The quantitative estimate of drug-likeness (QED) is 0.614. The maximum atomic E-state index is 5.34. The van der Waals surface area contributed by atoms with Crippen molar-refractivity contribution in [3.8, 4) is 11.5 Å². The maximum Gasteiger partial charge on any atom is 0.244 e. The normalized spacial score (nSPS) is 10.4. The van der Waals surface area contributed by atoms with Gasteiger partial charge in [-0.15, -0.1) is 5.10 Å². The molecule has 0 unspecified atom stereocenters. The molecule has 0 amide bonds. The first-order valence-electron chi connectivity index (χ1n) is 9.08. The predicted octanol–water partition coefficient (Wildman–Crippen LogP) is 3.90. The molecule has 0 spiro atoms. The number of hydrogen-bond acceptors (Lipinski definition) is 7. The van der Waals surface area contributed by atoms with Gasteiger partial charge in [-0.25, -0.2) is 0 Å². The van der Waals surface area contributed by atoms with E-state index < -0.39 is 0 Å². The standard InChI is InChI=1S/C21H25N5O2/c1-14-5-7-17(15(2)11-14)24-20-13-23-26-21(25-20)22-10-9-16-6-8-18(27-3)19(12-16)28-4/h5-8,11-13H,9-10H2,1-4H3,(H2,22,24,25,26). The van der Waals surface area contributed by atoms with Crippen LogP contribution in [0.1, 0.15) is 16.7 Å². The summed E-state index contributed by atoms with van der Waals surface area (Å²) in [5.41, 5.74) is 4.51. The molecular formula is C21H25N5O2. The number of ether oxygens (including phenoxy) is 2. The molecule has 0 saturated heterocycles. The van der Waals surface area contributed by atoms with Gasteiger partial charge < -0.3 is 20.1 Å². The van der Waals surface area contributed by atoms with E-state index in [-0.39, 0.29) is 0 Å². The number of aromatic nitrogens is 3. The summed E-state index contributed by atoms with van der Waals surface area (Å²) in [5, 5.41) is 14.6. The second kappa shape index (κ2) is 9.03. The molecule has 0 radical (unpaired) electrons. The lowest BCUT2D eigenvalue weighted by Crippen LogP contribution is -2.10. The van der Waals surface area contributed by atoms with Gasteiger partial charge >= 0.3 is 0 Å². The molecule has 2 N–H and O–H groups in total. The molecule has 28 heavy (non-hydrogen) atoms. The van der Waals surface area contributed by atoms with E-state index in [4.69, 9.17) is 9.47 Å². The van der Waals surface area contributed by atoms with Crippen molar-refractivity contribution in [3.63, 3.8) is 0 Å². The number of benzene rings is 2. The largest absolute Gasteiger partial charge is 0.493 e. The maximum absolute atomic E-state index is 5.34. The minimum absolute atomic E-state index is 0.482.